The van der Waals surface area contributed by atoms with Gasteiger partial charge in [-0.3, -0.25) is 4.72 Å². The number of nitrogens with one attached hydrogen (secondary N) is 1. The Morgan fingerprint density at radius 3 is 2.69 bits per heavy atom. The molecule has 0 aliphatic carbocycles. The second-order valence-electron chi connectivity index (χ2n) is 2.17. The lowest BCUT2D eigenvalue weighted by molar-refractivity contribution is 0.605. The lowest BCUT2D eigenvalue weighted by Gasteiger charge is -2.03. The van der Waals surface area contributed by atoms with Crippen molar-refractivity contribution in [2.45, 2.75) is 0 Å². The first-order chi connectivity index (χ1) is 6.03. The van der Waals surface area contributed by atoms with Crippen LogP contribution in [0.1, 0.15) is 0 Å². The van der Waals surface area contributed by atoms with E-state index in [-0.39, 0.29) is 11.0 Å². The van der Waals surface area contributed by atoms with Crippen LogP contribution in [0.3, 0.4) is 0 Å². The van der Waals surface area contributed by atoms with E-state index in [1.54, 1.807) is 12.1 Å². The number of hydrogen-bond acceptors (Lipinski definition) is 3. The SMILES string of the molecule is O=S(=O)(CCl)Nc1cccc(Cl)n1. The number of anilines is 1. The van der Waals surface area contributed by atoms with Crippen molar-refractivity contribution in [1.82, 2.24) is 4.98 Å². The molecular weight excluding hydrogens is 235 g/mol. The molecule has 0 fully saturated rings. The minimum Gasteiger partial charge on any atom is -0.266 e. The van der Waals surface area contributed by atoms with Gasteiger partial charge in [-0.2, -0.15) is 0 Å². The zero-order valence-electron chi connectivity index (χ0n) is 6.37. The van der Waals surface area contributed by atoms with Gasteiger partial charge in [0.15, 0.2) is 0 Å². The zero-order chi connectivity index (χ0) is 9.90. The maximum Gasteiger partial charge on any atom is 0.247 e. The van der Waals surface area contributed by atoms with Crippen molar-refractivity contribution in [3.05, 3.63) is 23.4 Å². The zero-order valence-corrected chi connectivity index (χ0v) is 8.70. The number of pyridine rings is 1. The van der Waals surface area contributed by atoms with Crippen LogP contribution in [-0.2, 0) is 10.0 Å². The molecule has 0 amide bonds. The molecule has 0 spiro atoms. The Hall–Kier alpha value is -0.520. The third-order valence-electron chi connectivity index (χ3n) is 1.12. The van der Waals surface area contributed by atoms with Gasteiger partial charge in [0, 0.05) is 0 Å². The summed E-state index contributed by atoms with van der Waals surface area (Å²) < 4.78 is 24.1. The van der Waals surface area contributed by atoms with E-state index in [4.69, 9.17) is 23.2 Å². The van der Waals surface area contributed by atoms with Crippen LogP contribution < -0.4 is 4.72 Å². The first-order valence-electron chi connectivity index (χ1n) is 3.22. The molecule has 1 heterocycles. The highest BCUT2D eigenvalue weighted by Gasteiger charge is 2.08. The average Bonchev–Trinajstić information content (AvgIpc) is 2.03. The number of nitrogens with zero attached hydrogens (tertiary/aromatic N) is 1. The van der Waals surface area contributed by atoms with Crippen LogP contribution in [0.4, 0.5) is 5.82 Å². The molecule has 4 nitrogen and oxygen atoms in total. The van der Waals surface area contributed by atoms with Gasteiger partial charge in [-0.05, 0) is 12.1 Å². The third kappa shape index (κ3) is 3.38. The highest BCUT2D eigenvalue weighted by Crippen LogP contribution is 2.10. The average molecular weight is 241 g/mol. The summed E-state index contributed by atoms with van der Waals surface area (Å²) in [4.78, 5) is 3.72. The summed E-state index contributed by atoms with van der Waals surface area (Å²) >= 11 is 10.7. The lowest BCUT2D eigenvalue weighted by atomic mass is 10.5. The van der Waals surface area contributed by atoms with Crippen LogP contribution in [0.5, 0.6) is 0 Å². The summed E-state index contributed by atoms with van der Waals surface area (Å²) in [6.45, 7) is 0. The van der Waals surface area contributed by atoms with E-state index < -0.39 is 15.2 Å². The fourth-order valence-corrected chi connectivity index (χ4v) is 1.47. The topological polar surface area (TPSA) is 59.1 Å². The number of hydrogen-bond donors (Lipinski definition) is 1. The van der Waals surface area contributed by atoms with Gasteiger partial charge >= 0.3 is 0 Å². The van der Waals surface area contributed by atoms with Gasteiger partial charge in [0.25, 0.3) is 0 Å². The molecule has 72 valence electrons. The standard InChI is InChI=1S/C6H6Cl2N2O2S/c7-4-13(11,12)10-6-3-1-2-5(8)9-6/h1-3H,4H2,(H,9,10). The fraction of sp³-hybridized carbons (Fsp3) is 0.167. The van der Waals surface area contributed by atoms with Gasteiger partial charge in [0.1, 0.15) is 16.2 Å². The van der Waals surface area contributed by atoms with Crippen LogP contribution in [0.25, 0.3) is 0 Å². The Bertz CT molecular complexity index is 393. The van der Waals surface area contributed by atoms with E-state index >= 15 is 0 Å². The van der Waals surface area contributed by atoms with Crippen LogP contribution >= 0.6 is 23.2 Å². The van der Waals surface area contributed by atoms with Crippen molar-refractivity contribution in [2.75, 3.05) is 9.93 Å². The monoisotopic (exact) mass is 240 g/mol. The maximum absolute atomic E-state index is 11.0. The number of aromatic nitrogens is 1. The molecule has 7 heteroatoms. The second-order valence-corrected chi connectivity index (χ2v) is 4.87. The molecule has 0 saturated heterocycles. The Balaban J connectivity index is 2.87. The molecule has 0 radical (unpaired) electrons. The van der Waals surface area contributed by atoms with Crippen LogP contribution in [0.15, 0.2) is 18.2 Å². The molecule has 0 aromatic carbocycles. The normalized spacial score (nSPS) is 11.2. The van der Waals surface area contributed by atoms with Gasteiger partial charge in [0.05, 0.1) is 0 Å². The Labute approximate surface area is 85.9 Å². The minimum absolute atomic E-state index is 0.160. The summed E-state index contributed by atoms with van der Waals surface area (Å²) in [5.41, 5.74) is 0. The first kappa shape index (κ1) is 10.6. The van der Waals surface area contributed by atoms with Crippen LogP contribution in [0.2, 0.25) is 5.15 Å². The van der Waals surface area contributed by atoms with E-state index in [2.05, 4.69) is 9.71 Å². The molecule has 1 aromatic rings. The van der Waals surface area contributed by atoms with Gasteiger partial charge < -0.3 is 0 Å². The summed E-state index contributed by atoms with van der Waals surface area (Å²) in [5.74, 6) is 0.160. The van der Waals surface area contributed by atoms with Crippen molar-refractivity contribution >= 4 is 39.0 Å². The van der Waals surface area contributed by atoms with E-state index in [0.29, 0.717) is 0 Å². The lowest BCUT2D eigenvalue weighted by Crippen LogP contribution is -2.14. The van der Waals surface area contributed by atoms with Gasteiger partial charge in [-0.15, -0.1) is 11.6 Å². The quantitative estimate of drug-likeness (QED) is 0.646. The Morgan fingerprint density at radius 1 is 1.46 bits per heavy atom. The van der Waals surface area contributed by atoms with Crippen molar-refractivity contribution < 1.29 is 8.42 Å². The van der Waals surface area contributed by atoms with E-state index in [9.17, 15) is 8.42 Å². The van der Waals surface area contributed by atoms with Crippen LogP contribution in [-0.4, -0.2) is 18.6 Å². The smallest absolute Gasteiger partial charge is 0.247 e. The molecule has 0 unspecified atom stereocenters. The molecule has 13 heavy (non-hydrogen) atoms. The Morgan fingerprint density at radius 2 is 2.15 bits per heavy atom. The first-order valence-corrected chi connectivity index (χ1v) is 5.79. The number of alkyl halides is 1. The number of halogens is 2. The molecule has 0 aliphatic heterocycles. The Kier molecular flexibility index (Phi) is 3.35. The molecule has 1 rings (SSSR count). The predicted molar refractivity (Wildman–Crippen MR) is 52.5 cm³/mol. The minimum atomic E-state index is -3.50. The second kappa shape index (κ2) is 4.13. The molecule has 1 N–H and O–H groups in total. The summed E-state index contributed by atoms with van der Waals surface area (Å²) in [5, 5.41) is -0.295. The molecule has 0 atom stereocenters. The largest absolute Gasteiger partial charge is 0.266 e. The molecule has 0 bridgehead atoms. The number of sulfonamides is 1. The summed E-state index contributed by atoms with van der Waals surface area (Å²) in [6, 6.07) is 4.61. The molecule has 1 aromatic heterocycles. The molecular formula is C6H6Cl2N2O2S. The summed E-state index contributed by atoms with van der Waals surface area (Å²) in [7, 11) is -3.50. The third-order valence-corrected chi connectivity index (χ3v) is 3.00. The van der Waals surface area contributed by atoms with E-state index in [0.717, 1.165) is 0 Å². The van der Waals surface area contributed by atoms with E-state index in [1.807, 2.05) is 0 Å². The fourth-order valence-electron chi connectivity index (χ4n) is 0.652. The van der Waals surface area contributed by atoms with E-state index in [1.165, 1.54) is 6.07 Å². The van der Waals surface area contributed by atoms with Crippen molar-refractivity contribution in [2.24, 2.45) is 0 Å². The summed E-state index contributed by atoms with van der Waals surface area (Å²) in [6.07, 6.45) is 0. The maximum atomic E-state index is 11.0. The van der Waals surface area contributed by atoms with Crippen molar-refractivity contribution in [1.29, 1.82) is 0 Å². The predicted octanol–water partition coefficient (Wildman–Crippen LogP) is 1.67. The van der Waals surface area contributed by atoms with Crippen LogP contribution in [0, 0.1) is 0 Å². The van der Waals surface area contributed by atoms with Crippen molar-refractivity contribution in [3.63, 3.8) is 0 Å². The molecule has 0 saturated carbocycles. The van der Waals surface area contributed by atoms with Gasteiger partial charge in [-0.1, -0.05) is 17.7 Å². The van der Waals surface area contributed by atoms with Crippen molar-refractivity contribution in [3.8, 4) is 0 Å². The number of rotatable bonds is 3. The van der Waals surface area contributed by atoms with Gasteiger partial charge in [-0.25, -0.2) is 13.4 Å². The van der Waals surface area contributed by atoms with Gasteiger partial charge in [0.2, 0.25) is 10.0 Å². The highest BCUT2D eigenvalue weighted by molar-refractivity contribution is 7.93. The molecule has 0 aliphatic rings. The highest BCUT2D eigenvalue weighted by atomic mass is 35.5.